The van der Waals surface area contributed by atoms with Crippen LogP contribution in [0.1, 0.15) is 23.7 Å². The van der Waals surface area contributed by atoms with E-state index < -0.39 is 0 Å². The number of nitriles is 2. The lowest BCUT2D eigenvalue weighted by atomic mass is 9.94. The van der Waals surface area contributed by atoms with E-state index >= 15 is 0 Å². The molecule has 48 heavy (non-hydrogen) atoms. The van der Waals surface area contributed by atoms with Gasteiger partial charge in [0.25, 0.3) is 0 Å². The van der Waals surface area contributed by atoms with Gasteiger partial charge in [0.15, 0.2) is 0 Å². The SMILES string of the molecule is C/C(C#N)=C\c1c(C)n(-c2ccc(-c3ccc(C#N)c(-c4ccccc4-n4c5ccccc5c5ccccc54)c3)cc2)c2ccccc12. The minimum Gasteiger partial charge on any atom is -0.313 e. The maximum absolute atomic E-state index is 10.3. The molecule has 0 unspecified atom stereocenters. The van der Waals surface area contributed by atoms with Gasteiger partial charge in [0.2, 0.25) is 0 Å². The minimum absolute atomic E-state index is 0.631. The molecule has 0 spiro atoms. The van der Waals surface area contributed by atoms with Crippen LogP contribution in [0, 0.1) is 29.6 Å². The normalized spacial score (nSPS) is 11.6. The van der Waals surface area contributed by atoms with Gasteiger partial charge in [-0.25, -0.2) is 0 Å². The molecule has 0 atom stereocenters. The first-order valence-electron chi connectivity index (χ1n) is 16.0. The molecule has 0 saturated carbocycles. The first-order valence-corrected chi connectivity index (χ1v) is 16.0. The molecule has 0 saturated heterocycles. The third-order valence-corrected chi connectivity index (χ3v) is 9.31. The van der Waals surface area contributed by atoms with Gasteiger partial charge >= 0.3 is 0 Å². The maximum Gasteiger partial charge on any atom is 0.0998 e. The van der Waals surface area contributed by atoms with Gasteiger partial charge in [-0.05, 0) is 79.6 Å². The van der Waals surface area contributed by atoms with Gasteiger partial charge in [-0.2, -0.15) is 10.5 Å². The molecule has 2 heterocycles. The number of aromatic nitrogens is 2. The summed E-state index contributed by atoms with van der Waals surface area (Å²) in [4.78, 5) is 0. The molecule has 0 aliphatic carbocycles. The van der Waals surface area contributed by atoms with E-state index in [9.17, 15) is 10.5 Å². The van der Waals surface area contributed by atoms with Gasteiger partial charge in [0.1, 0.15) is 0 Å². The van der Waals surface area contributed by atoms with E-state index in [4.69, 9.17) is 0 Å². The van der Waals surface area contributed by atoms with Gasteiger partial charge in [-0.15, -0.1) is 0 Å². The summed E-state index contributed by atoms with van der Waals surface area (Å²) in [5, 5.41) is 23.2. The van der Waals surface area contributed by atoms with Crippen LogP contribution in [0.5, 0.6) is 0 Å². The molecule has 6 aromatic carbocycles. The fraction of sp³-hybridized carbons (Fsp3) is 0.0455. The summed E-state index contributed by atoms with van der Waals surface area (Å²) >= 11 is 0. The van der Waals surface area contributed by atoms with E-state index in [1.807, 2.05) is 43.3 Å². The fourth-order valence-corrected chi connectivity index (χ4v) is 7.08. The number of benzene rings is 6. The molecule has 8 rings (SSSR count). The van der Waals surface area contributed by atoms with Crippen molar-refractivity contribution in [2.45, 2.75) is 13.8 Å². The Balaban J connectivity index is 1.25. The molecule has 4 heteroatoms. The van der Waals surface area contributed by atoms with E-state index in [1.165, 1.54) is 10.8 Å². The zero-order chi connectivity index (χ0) is 32.8. The van der Waals surface area contributed by atoms with Crippen LogP contribution in [0.25, 0.3) is 72.4 Å². The van der Waals surface area contributed by atoms with Crippen molar-refractivity contribution >= 4 is 38.8 Å². The lowest BCUT2D eigenvalue weighted by Gasteiger charge is -2.16. The first-order chi connectivity index (χ1) is 23.6. The average molecular weight is 615 g/mol. The molecule has 0 bridgehead atoms. The minimum atomic E-state index is 0.631. The van der Waals surface area contributed by atoms with E-state index in [0.29, 0.717) is 11.1 Å². The van der Waals surface area contributed by atoms with Crippen molar-refractivity contribution < 1.29 is 0 Å². The quantitative estimate of drug-likeness (QED) is 0.181. The van der Waals surface area contributed by atoms with E-state index in [1.54, 1.807) is 0 Å². The second-order valence-electron chi connectivity index (χ2n) is 12.1. The van der Waals surface area contributed by atoms with Crippen LogP contribution >= 0.6 is 0 Å². The third kappa shape index (κ3) is 4.59. The molecule has 8 aromatic rings. The monoisotopic (exact) mass is 614 g/mol. The van der Waals surface area contributed by atoms with Crippen molar-refractivity contribution in [3.05, 3.63) is 162 Å². The van der Waals surface area contributed by atoms with E-state index in [0.717, 1.165) is 66.8 Å². The summed E-state index contributed by atoms with van der Waals surface area (Å²) in [6.07, 6.45) is 1.97. The van der Waals surface area contributed by atoms with Gasteiger partial charge in [-0.1, -0.05) is 91.0 Å². The Hall–Kier alpha value is -6.62. The van der Waals surface area contributed by atoms with Crippen molar-refractivity contribution in [1.82, 2.24) is 9.13 Å². The van der Waals surface area contributed by atoms with Crippen LogP contribution in [0.4, 0.5) is 0 Å². The predicted molar refractivity (Wildman–Crippen MR) is 197 cm³/mol. The lowest BCUT2D eigenvalue weighted by molar-refractivity contribution is 1.05. The van der Waals surface area contributed by atoms with Crippen molar-refractivity contribution in [2.75, 3.05) is 0 Å². The smallest absolute Gasteiger partial charge is 0.0998 e. The topological polar surface area (TPSA) is 57.4 Å². The van der Waals surface area contributed by atoms with Crippen molar-refractivity contribution in [3.63, 3.8) is 0 Å². The molecule has 0 radical (unpaired) electrons. The highest BCUT2D eigenvalue weighted by Crippen LogP contribution is 2.39. The average Bonchev–Trinajstić information content (AvgIpc) is 3.62. The lowest BCUT2D eigenvalue weighted by Crippen LogP contribution is -1.98. The molecular formula is C44H30N4. The highest BCUT2D eigenvalue weighted by molar-refractivity contribution is 6.09. The Bertz CT molecular complexity index is 2600. The number of para-hydroxylation sites is 4. The Kier molecular flexibility index (Phi) is 6.98. The summed E-state index contributed by atoms with van der Waals surface area (Å²) in [6.45, 7) is 3.94. The highest BCUT2D eigenvalue weighted by atomic mass is 15.0. The number of rotatable bonds is 5. The fourth-order valence-electron chi connectivity index (χ4n) is 7.08. The second kappa shape index (κ2) is 11.6. The Morgan fingerprint density at radius 3 is 1.79 bits per heavy atom. The summed E-state index contributed by atoms with van der Waals surface area (Å²) in [5.41, 5.74) is 12.9. The highest BCUT2D eigenvalue weighted by Gasteiger charge is 2.18. The first kappa shape index (κ1) is 28.8. The molecule has 2 aromatic heterocycles. The molecule has 0 N–H and O–H groups in total. The predicted octanol–water partition coefficient (Wildman–Crippen LogP) is 11.2. The number of hydrogen-bond acceptors (Lipinski definition) is 2. The Morgan fingerprint density at radius 1 is 0.583 bits per heavy atom. The largest absolute Gasteiger partial charge is 0.313 e. The Labute approximate surface area is 279 Å². The maximum atomic E-state index is 10.3. The summed E-state index contributed by atoms with van der Waals surface area (Å²) in [5.74, 6) is 0. The molecule has 0 amide bonds. The molecular weight excluding hydrogens is 585 g/mol. The molecule has 4 nitrogen and oxygen atoms in total. The molecule has 0 aliphatic heterocycles. The van der Waals surface area contributed by atoms with Crippen LogP contribution < -0.4 is 0 Å². The van der Waals surface area contributed by atoms with Crippen LogP contribution in [0.15, 0.2) is 145 Å². The van der Waals surface area contributed by atoms with E-state index in [-0.39, 0.29) is 0 Å². The number of nitrogens with zero attached hydrogens (tertiary/aromatic N) is 4. The van der Waals surface area contributed by atoms with Gasteiger partial charge < -0.3 is 9.13 Å². The van der Waals surface area contributed by atoms with Gasteiger partial charge in [-0.3, -0.25) is 0 Å². The number of hydrogen-bond donors (Lipinski definition) is 0. The second-order valence-corrected chi connectivity index (χ2v) is 12.1. The standard InChI is InChI=1S/C44H30N4/c1-29(27-45)25-39-30(2)47(41-15-7-5-13-37(39)41)34-23-21-31(22-24-34)32-19-20-33(28-46)40(26-32)38-14-6-10-18-44(38)48-42-16-8-3-11-35(42)36-12-4-9-17-43(36)48/h3-26H,1-2H3/b29-25+. The molecule has 226 valence electrons. The Morgan fingerprint density at radius 2 is 1.15 bits per heavy atom. The zero-order valence-electron chi connectivity index (χ0n) is 26.6. The number of allylic oxidation sites excluding steroid dienone is 1. The van der Waals surface area contributed by atoms with Crippen LogP contribution in [0.3, 0.4) is 0 Å². The van der Waals surface area contributed by atoms with Gasteiger partial charge in [0.05, 0.1) is 39.9 Å². The van der Waals surface area contributed by atoms with Crippen molar-refractivity contribution in [2.24, 2.45) is 0 Å². The molecule has 0 aliphatic rings. The molecule has 0 fully saturated rings. The summed E-state index contributed by atoms with van der Waals surface area (Å²) in [6, 6.07) is 53.1. The van der Waals surface area contributed by atoms with Crippen LogP contribution in [0.2, 0.25) is 0 Å². The van der Waals surface area contributed by atoms with E-state index in [2.05, 4.69) is 137 Å². The van der Waals surface area contributed by atoms with Gasteiger partial charge in [0, 0.05) is 49.8 Å². The van der Waals surface area contributed by atoms with Crippen molar-refractivity contribution in [1.29, 1.82) is 10.5 Å². The summed E-state index contributed by atoms with van der Waals surface area (Å²) < 4.78 is 4.57. The van der Waals surface area contributed by atoms with Crippen LogP contribution in [-0.4, -0.2) is 9.13 Å². The zero-order valence-corrected chi connectivity index (χ0v) is 26.6. The third-order valence-electron chi connectivity index (χ3n) is 9.31. The van der Waals surface area contributed by atoms with Crippen LogP contribution in [-0.2, 0) is 0 Å². The van der Waals surface area contributed by atoms with Crippen molar-refractivity contribution in [3.8, 4) is 45.8 Å². The summed E-state index contributed by atoms with van der Waals surface area (Å²) in [7, 11) is 0. The number of fused-ring (bicyclic) bond motifs is 4.